The first-order chi connectivity index (χ1) is 4.29. The van der Waals surface area contributed by atoms with Crippen LogP contribution < -0.4 is 0 Å². The number of carbonyl (C=O) groups is 1. The van der Waals surface area contributed by atoms with Crippen LogP contribution in [0.1, 0.15) is 6.92 Å². The zero-order chi connectivity index (χ0) is 6.69. The fourth-order valence-corrected chi connectivity index (χ4v) is 4.86. The number of rotatable bonds is 1. The second-order valence-corrected chi connectivity index (χ2v) is 6.24. The van der Waals surface area contributed by atoms with Crippen molar-refractivity contribution in [2.45, 2.75) is 10.8 Å². The molecule has 0 bridgehead atoms. The quantitative estimate of drug-likeness (QED) is 0.614. The molecule has 4 heteroatoms. The van der Waals surface area contributed by atoms with Crippen LogP contribution in [0, 0.1) is 0 Å². The van der Waals surface area contributed by atoms with Gasteiger partial charge in [0.1, 0.15) is 3.91 Å². The monoisotopic (exact) mass is 180 g/mol. The molecule has 0 amide bonds. The predicted octanol–water partition coefficient (Wildman–Crippen LogP) is 2.03. The van der Waals surface area contributed by atoms with Crippen molar-refractivity contribution >= 4 is 40.4 Å². The van der Waals surface area contributed by atoms with Crippen molar-refractivity contribution in [3.63, 3.8) is 0 Å². The lowest BCUT2D eigenvalue weighted by Crippen LogP contribution is -1.88. The van der Waals surface area contributed by atoms with Crippen molar-refractivity contribution < 1.29 is 4.79 Å². The zero-order valence-corrected chi connectivity index (χ0v) is 7.57. The fraction of sp³-hybridized carbons (Fsp3) is 0.800. The van der Waals surface area contributed by atoms with E-state index in [1.54, 1.807) is 6.92 Å². The van der Waals surface area contributed by atoms with Gasteiger partial charge in [0.2, 0.25) is 0 Å². The molecule has 52 valence electrons. The van der Waals surface area contributed by atoms with Crippen LogP contribution in [0.4, 0.5) is 0 Å². The van der Waals surface area contributed by atoms with Gasteiger partial charge in [0, 0.05) is 18.4 Å². The largest absolute Gasteiger partial charge is 0.287 e. The molecule has 0 aromatic heterocycles. The van der Waals surface area contributed by atoms with Gasteiger partial charge >= 0.3 is 0 Å². The first kappa shape index (κ1) is 7.82. The third-order valence-electron chi connectivity index (χ3n) is 0.853. The Morgan fingerprint density at radius 3 is 2.56 bits per heavy atom. The summed E-state index contributed by atoms with van der Waals surface area (Å²) >= 11 is 5.20. The molecule has 0 aliphatic carbocycles. The van der Waals surface area contributed by atoms with E-state index >= 15 is 0 Å². The number of thioether (sulfide) groups is 3. The van der Waals surface area contributed by atoms with Crippen molar-refractivity contribution in [2.75, 3.05) is 11.5 Å². The maximum absolute atomic E-state index is 10.5. The van der Waals surface area contributed by atoms with E-state index < -0.39 is 0 Å². The Hall–Kier alpha value is 0.720. The molecule has 0 aromatic rings. The third kappa shape index (κ3) is 2.87. The Morgan fingerprint density at radius 2 is 2.11 bits per heavy atom. The molecule has 9 heavy (non-hydrogen) atoms. The van der Waals surface area contributed by atoms with Gasteiger partial charge in [-0.1, -0.05) is 11.8 Å². The molecule has 1 nitrogen and oxygen atoms in total. The maximum Gasteiger partial charge on any atom is 0.187 e. The summed E-state index contributed by atoms with van der Waals surface area (Å²) in [6.45, 7) is 1.63. The lowest BCUT2D eigenvalue weighted by molar-refractivity contribution is -0.109. The van der Waals surface area contributed by atoms with Gasteiger partial charge in [0.15, 0.2) is 5.12 Å². The van der Waals surface area contributed by atoms with Crippen molar-refractivity contribution in [1.29, 1.82) is 0 Å². The lowest BCUT2D eigenvalue weighted by Gasteiger charge is -2.01. The van der Waals surface area contributed by atoms with E-state index in [2.05, 4.69) is 0 Å². The Morgan fingerprint density at radius 1 is 1.56 bits per heavy atom. The molecule has 0 radical (unpaired) electrons. The highest BCUT2D eigenvalue weighted by Crippen LogP contribution is 2.39. The second kappa shape index (κ2) is 3.78. The molecule has 0 N–H and O–H groups in total. The highest BCUT2D eigenvalue weighted by molar-refractivity contribution is 8.38. The van der Waals surface area contributed by atoms with E-state index in [0.29, 0.717) is 3.91 Å². The molecule has 0 unspecified atom stereocenters. The van der Waals surface area contributed by atoms with Gasteiger partial charge in [-0.25, -0.2) is 0 Å². The van der Waals surface area contributed by atoms with Crippen LogP contribution in [0.5, 0.6) is 0 Å². The number of carbonyl (C=O) groups excluding carboxylic acids is 1. The van der Waals surface area contributed by atoms with Crippen LogP contribution in [-0.2, 0) is 4.79 Å². The Kier molecular flexibility index (Phi) is 3.29. The summed E-state index contributed by atoms with van der Waals surface area (Å²) < 4.78 is 0.488. The minimum atomic E-state index is 0.238. The zero-order valence-electron chi connectivity index (χ0n) is 5.12. The average Bonchev–Trinajstić information content (AvgIpc) is 2.15. The van der Waals surface area contributed by atoms with Gasteiger partial charge in [-0.15, -0.1) is 23.5 Å². The molecule has 1 heterocycles. The summed E-state index contributed by atoms with van der Waals surface area (Å²) in [7, 11) is 0. The summed E-state index contributed by atoms with van der Waals surface area (Å²) in [5, 5.41) is 0.238. The van der Waals surface area contributed by atoms with Crippen LogP contribution in [0.2, 0.25) is 0 Å². The molecule has 1 aliphatic rings. The molecule has 1 fully saturated rings. The Bertz CT molecular complexity index is 109. The fourth-order valence-electron chi connectivity index (χ4n) is 0.540. The molecular formula is C5H8OS3. The SMILES string of the molecule is CC(=O)SC1SCCS1. The maximum atomic E-state index is 10.5. The van der Waals surface area contributed by atoms with Crippen LogP contribution in [-0.4, -0.2) is 20.5 Å². The molecule has 0 aromatic carbocycles. The highest BCUT2D eigenvalue weighted by Gasteiger charge is 2.17. The van der Waals surface area contributed by atoms with Gasteiger partial charge in [0.25, 0.3) is 0 Å². The van der Waals surface area contributed by atoms with Crippen molar-refractivity contribution in [3.8, 4) is 0 Å². The van der Waals surface area contributed by atoms with Crippen LogP contribution in [0.3, 0.4) is 0 Å². The summed E-state index contributed by atoms with van der Waals surface area (Å²) in [4.78, 5) is 10.5. The Balaban J connectivity index is 2.19. The van der Waals surface area contributed by atoms with Gasteiger partial charge in [0.05, 0.1) is 0 Å². The summed E-state index contributed by atoms with van der Waals surface area (Å²) in [5.74, 6) is 2.41. The van der Waals surface area contributed by atoms with E-state index in [0.717, 1.165) is 0 Å². The number of hydrogen-bond acceptors (Lipinski definition) is 4. The lowest BCUT2D eigenvalue weighted by atomic mass is 10.9. The minimum absolute atomic E-state index is 0.238. The summed E-state index contributed by atoms with van der Waals surface area (Å²) in [6, 6.07) is 0. The van der Waals surface area contributed by atoms with Crippen molar-refractivity contribution in [1.82, 2.24) is 0 Å². The van der Waals surface area contributed by atoms with E-state index in [1.165, 1.54) is 23.3 Å². The van der Waals surface area contributed by atoms with Gasteiger partial charge in [-0.2, -0.15) is 0 Å². The molecule has 1 aliphatic heterocycles. The first-order valence-electron chi connectivity index (χ1n) is 2.69. The summed E-state index contributed by atoms with van der Waals surface area (Å²) in [5.41, 5.74) is 0. The van der Waals surface area contributed by atoms with Crippen molar-refractivity contribution in [2.24, 2.45) is 0 Å². The molecule has 0 atom stereocenters. The van der Waals surface area contributed by atoms with Crippen LogP contribution >= 0.6 is 35.3 Å². The van der Waals surface area contributed by atoms with Crippen LogP contribution in [0.15, 0.2) is 0 Å². The average molecular weight is 180 g/mol. The predicted molar refractivity (Wildman–Crippen MR) is 47.0 cm³/mol. The smallest absolute Gasteiger partial charge is 0.187 e. The first-order valence-corrected chi connectivity index (χ1v) is 5.67. The highest BCUT2D eigenvalue weighted by atomic mass is 32.3. The van der Waals surface area contributed by atoms with Gasteiger partial charge in [-0.3, -0.25) is 4.79 Å². The van der Waals surface area contributed by atoms with Crippen LogP contribution in [0.25, 0.3) is 0 Å². The van der Waals surface area contributed by atoms with E-state index in [9.17, 15) is 4.79 Å². The summed E-state index contributed by atoms with van der Waals surface area (Å²) in [6.07, 6.45) is 0. The molecule has 1 rings (SSSR count). The molecular weight excluding hydrogens is 172 g/mol. The second-order valence-electron chi connectivity index (χ2n) is 1.64. The van der Waals surface area contributed by atoms with Crippen molar-refractivity contribution in [3.05, 3.63) is 0 Å². The normalized spacial score (nSPS) is 20.6. The third-order valence-corrected chi connectivity index (χ3v) is 5.27. The molecule has 0 spiro atoms. The van der Waals surface area contributed by atoms with E-state index in [4.69, 9.17) is 0 Å². The molecule has 0 saturated carbocycles. The number of hydrogen-bond donors (Lipinski definition) is 0. The van der Waals surface area contributed by atoms with E-state index in [-0.39, 0.29) is 5.12 Å². The minimum Gasteiger partial charge on any atom is -0.287 e. The van der Waals surface area contributed by atoms with Gasteiger partial charge < -0.3 is 0 Å². The Labute approximate surface area is 67.7 Å². The topological polar surface area (TPSA) is 17.1 Å². The standard InChI is InChI=1S/C5H8OS3/c1-4(6)9-5-7-2-3-8-5/h5H,2-3H2,1H3. The molecule has 1 saturated heterocycles. The van der Waals surface area contributed by atoms with E-state index in [1.807, 2.05) is 23.5 Å². The van der Waals surface area contributed by atoms with Gasteiger partial charge in [-0.05, 0) is 0 Å².